The highest BCUT2D eigenvalue weighted by Gasteiger charge is 2.13. The lowest BCUT2D eigenvalue weighted by Gasteiger charge is -2.18. The number of hydrogen-bond donors (Lipinski definition) is 1. The van der Waals surface area contributed by atoms with Crippen molar-refractivity contribution in [2.24, 2.45) is 0 Å². The summed E-state index contributed by atoms with van der Waals surface area (Å²) >= 11 is 0. The molecule has 0 bridgehead atoms. The van der Waals surface area contributed by atoms with Crippen LogP contribution in [0.25, 0.3) is 0 Å². The van der Waals surface area contributed by atoms with Crippen molar-refractivity contribution in [2.45, 2.75) is 12.2 Å². The van der Waals surface area contributed by atoms with E-state index in [2.05, 4.69) is 4.72 Å². The molecule has 5 nitrogen and oxygen atoms in total. The topological polar surface area (TPSA) is 64.6 Å². The zero-order valence-corrected chi connectivity index (χ0v) is 13.5. The Morgan fingerprint density at radius 2 is 1.65 bits per heavy atom. The van der Waals surface area contributed by atoms with Gasteiger partial charge in [-0.25, -0.2) is 13.1 Å². The van der Waals surface area contributed by atoms with Crippen molar-refractivity contribution in [1.82, 2.24) is 4.72 Å². The number of nitrogens with one attached hydrogen (secondary N) is 1. The fourth-order valence-corrected chi connectivity index (χ4v) is 3.59. The Balaban J connectivity index is 1.54. The number of benzene rings is 2. The van der Waals surface area contributed by atoms with E-state index in [-0.39, 0.29) is 5.75 Å². The smallest absolute Gasteiger partial charge is 0.215 e. The molecule has 1 heterocycles. The molecule has 0 aromatic heterocycles. The first-order valence-electron chi connectivity index (χ1n) is 7.52. The fraction of sp³-hybridized carbons (Fsp3) is 0.294. The molecule has 23 heavy (non-hydrogen) atoms. The molecule has 0 saturated heterocycles. The molecule has 0 saturated carbocycles. The fourth-order valence-electron chi connectivity index (χ4n) is 2.44. The van der Waals surface area contributed by atoms with Gasteiger partial charge in [0.15, 0.2) is 11.5 Å². The van der Waals surface area contributed by atoms with Crippen LogP contribution in [0.5, 0.6) is 11.5 Å². The Labute approximate surface area is 136 Å². The molecule has 0 aliphatic carbocycles. The maximum atomic E-state index is 12.1. The van der Waals surface area contributed by atoms with Crippen LogP contribution < -0.4 is 14.2 Å². The first-order chi connectivity index (χ1) is 11.1. The van der Waals surface area contributed by atoms with Gasteiger partial charge in [0.2, 0.25) is 10.0 Å². The molecule has 0 radical (unpaired) electrons. The van der Waals surface area contributed by atoms with Gasteiger partial charge in [-0.3, -0.25) is 0 Å². The van der Waals surface area contributed by atoms with Gasteiger partial charge >= 0.3 is 0 Å². The SMILES string of the molecule is O=S(=O)(Cc1ccccc1)NCCc1ccc2c(c1)OCCO2. The Kier molecular flexibility index (Phi) is 4.83. The number of rotatable bonds is 6. The summed E-state index contributed by atoms with van der Waals surface area (Å²) in [6.45, 7) is 1.46. The third-order valence-corrected chi connectivity index (χ3v) is 4.90. The maximum Gasteiger partial charge on any atom is 0.215 e. The lowest BCUT2D eigenvalue weighted by atomic mass is 10.1. The number of ether oxygens (including phenoxy) is 2. The van der Waals surface area contributed by atoms with E-state index in [9.17, 15) is 8.42 Å². The van der Waals surface area contributed by atoms with E-state index in [1.165, 1.54) is 0 Å². The van der Waals surface area contributed by atoms with Gasteiger partial charge in [-0.2, -0.15) is 0 Å². The number of hydrogen-bond acceptors (Lipinski definition) is 4. The van der Waals surface area contributed by atoms with Crippen LogP contribution in [-0.4, -0.2) is 28.2 Å². The second-order valence-electron chi connectivity index (χ2n) is 5.37. The van der Waals surface area contributed by atoms with Crippen molar-refractivity contribution in [2.75, 3.05) is 19.8 Å². The standard InChI is InChI=1S/C17H19NO4S/c19-23(20,13-15-4-2-1-3-5-15)18-9-8-14-6-7-16-17(12-14)22-11-10-21-16/h1-7,12,18H,8-11,13H2. The molecule has 0 fully saturated rings. The van der Waals surface area contributed by atoms with E-state index in [4.69, 9.17) is 9.47 Å². The Hall–Kier alpha value is -2.05. The van der Waals surface area contributed by atoms with Gasteiger partial charge < -0.3 is 9.47 Å². The maximum absolute atomic E-state index is 12.1. The second kappa shape index (κ2) is 7.02. The molecule has 122 valence electrons. The van der Waals surface area contributed by atoms with Crippen molar-refractivity contribution >= 4 is 10.0 Å². The molecular formula is C17H19NO4S. The van der Waals surface area contributed by atoms with Gasteiger partial charge in [0.1, 0.15) is 13.2 Å². The summed E-state index contributed by atoms with van der Waals surface area (Å²) in [5.41, 5.74) is 1.79. The average molecular weight is 333 g/mol. The largest absolute Gasteiger partial charge is 0.486 e. The first kappa shape index (κ1) is 15.8. The molecular weight excluding hydrogens is 314 g/mol. The van der Waals surface area contributed by atoms with E-state index < -0.39 is 10.0 Å². The predicted octanol–water partition coefficient (Wildman–Crippen LogP) is 2.12. The summed E-state index contributed by atoms with van der Waals surface area (Å²) in [4.78, 5) is 0. The number of fused-ring (bicyclic) bond motifs is 1. The van der Waals surface area contributed by atoms with Gasteiger partial charge in [-0.05, 0) is 29.7 Å². The van der Waals surface area contributed by atoms with Crippen molar-refractivity contribution in [3.8, 4) is 11.5 Å². The quantitative estimate of drug-likeness (QED) is 0.879. The van der Waals surface area contributed by atoms with Crippen LogP contribution in [0, 0.1) is 0 Å². The summed E-state index contributed by atoms with van der Waals surface area (Å²) in [5, 5.41) is 0. The molecule has 0 atom stereocenters. The van der Waals surface area contributed by atoms with Crippen LogP contribution in [0.3, 0.4) is 0 Å². The second-order valence-corrected chi connectivity index (χ2v) is 7.17. The van der Waals surface area contributed by atoms with Crippen LogP contribution in [0.4, 0.5) is 0 Å². The highest BCUT2D eigenvalue weighted by atomic mass is 32.2. The van der Waals surface area contributed by atoms with Crippen molar-refractivity contribution in [3.63, 3.8) is 0 Å². The summed E-state index contributed by atoms with van der Waals surface area (Å²) in [6.07, 6.45) is 0.602. The average Bonchev–Trinajstić information content (AvgIpc) is 2.55. The van der Waals surface area contributed by atoms with E-state index in [0.717, 1.165) is 22.6 Å². The van der Waals surface area contributed by atoms with Crippen LogP contribution in [0.2, 0.25) is 0 Å². The van der Waals surface area contributed by atoms with Gasteiger partial charge in [0, 0.05) is 6.54 Å². The minimum Gasteiger partial charge on any atom is -0.486 e. The van der Waals surface area contributed by atoms with Gasteiger partial charge in [0.05, 0.1) is 5.75 Å². The van der Waals surface area contributed by atoms with Crippen LogP contribution in [0.15, 0.2) is 48.5 Å². The molecule has 1 aliphatic rings. The Morgan fingerprint density at radius 1 is 0.913 bits per heavy atom. The van der Waals surface area contributed by atoms with E-state index in [0.29, 0.717) is 26.2 Å². The monoisotopic (exact) mass is 333 g/mol. The van der Waals surface area contributed by atoms with Gasteiger partial charge in [-0.15, -0.1) is 0 Å². The van der Waals surface area contributed by atoms with Gasteiger partial charge in [0.25, 0.3) is 0 Å². The summed E-state index contributed by atoms with van der Waals surface area (Å²) in [7, 11) is -3.33. The molecule has 0 spiro atoms. The zero-order chi connectivity index (χ0) is 16.1. The molecule has 6 heteroatoms. The summed E-state index contributed by atoms with van der Waals surface area (Å²) < 4.78 is 37.8. The minimum absolute atomic E-state index is 0.00498. The molecule has 2 aromatic carbocycles. The molecule has 0 amide bonds. The van der Waals surface area contributed by atoms with E-state index in [1.54, 1.807) is 12.1 Å². The molecule has 2 aromatic rings. The minimum atomic E-state index is -3.33. The zero-order valence-electron chi connectivity index (χ0n) is 12.7. The Bertz CT molecular complexity index is 759. The summed E-state index contributed by atoms with van der Waals surface area (Å²) in [5.74, 6) is 1.46. The highest BCUT2D eigenvalue weighted by Crippen LogP contribution is 2.30. The highest BCUT2D eigenvalue weighted by molar-refractivity contribution is 7.88. The van der Waals surface area contributed by atoms with Crippen LogP contribution >= 0.6 is 0 Å². The molecule has 1 N–H and O–H groups in total. The first-order valence-corrected chi connectivity index (χ1v) is 9.17. The molecule has 1 aliphatic heterocycles. The van der Waals surface area contributed by atoms with Crippen molar-refractivity contribution < 1.29 is 17.9 Å². The molecule has 0 unspecified atom stereocenters. The van der Waals surface area contributed by atoms with E-state index in [1.807, 2.05) is 36.4 Å². The van der Waals surface area contributed by atoms with Crippen molar-refractivity contribution in [3.05, 3.63) is 59.7 Å². The van der Waals surface area contributed by atoms with Crippen LogP contribution in [0.1, 0.15) is 11.1 Å². The van der Waals surface area contributed by atoms with Crippen LogP contribution in [-0.2, 0) is 22.2 Å². The van der Waals surface area contributed by atoms with Gasteiger partial charge in [-0.1, -0.05) is 36.4 Å². The van der Waals surface area contributed by atoms with E-state index >= 15 is 0 Å². The lowest BCUT2D eigenvalue weighted by molar-refractivity contribution is 0.171. The third-order valence-electron chi connectivity index (χ3n) is 3.54. The van der Waals surface area contributed by atoms with Crippen molar-refractivity contribution in [1.29, 1.82) is 0 Å². The predicted molar refractivity (Wildman–Crippen MR) is 88.2 cm³/mol. The number of sulfonamides is 1. The molecule has 3 rings (SSSR count). The lowest BCUT2D eigenvalue weighted by Crippen LogP contribution is -2.27. The third kappa shape index (κ3) is 4.46. The normalized spacial score (nSPS) is 13.7. The Morgan fingerprint density at radius 3 is 2.43 bits per heavy atom. The summed E-state index contributed by atoms with van der Waals surface area (Å²) in [6, 6.07) is 14.8.